The zero-order valence-corrected chi connectivity index (χ0v) is 17.1. The van der Waals surface area contributed by atoms with Gasteiger partial charge in [-0.05, 0) is 68.9 Å². The van der Waals surface area contributed by atoms with Crippen LogP contribution in [0.2, 0.25) is 0 Å². The molecule has 4 rings (SSSR count). The second kappa shape index (κ2) is 7.33. The highest BCUT2D eigenvalue weighted by atomic mass is 32.2. The second-order valence-corrected chi connectivity index (χ2v) is 9.85. The van der Waals surface area contributed by atoms with Gasteiger partial charge in [-0.3, -0.25) is 4.79 Å². The van der Waals surface area contributed by atoms with Crippen LogP contribution in [0.1, 0.15) is 52.7 Å². The quantitative estimate of drug-likeness (QED) is 0.776. The number of hydrogen-bond donors (Lipinski definition) is 1. The number of rotatable bonds is 7. The maximum absolute atomic E-state index is 13.3. The molecule has 2 aliphatic rings. The van der Waals surface area contributed by atoms with E-state index in [0.29, 0.717) is 23.0 Å². The first-order valence-corrected chi connectivity index (χ1v) is 11.3. The summed E-state index contributed by atoms with van der Waals surface area (Å²) in [4.78, 5) is 12.5. The summed E-state index contributed by atoms with van der Waals surface area (Å²) >= 11 is 0. The van der Waals surface area contributed by atoms with Gasteiger partial charge in [0.25, 0.3) is 5.91 Å². The Bertz CT molecular complexity index is 991. The van der Waals surface area contributed by atoms with Gasteiger partial charge in [0.2, 0.25) is 10.0 Å². The van der Waals surface area contributed by atoms with Crippen LogP contribution in [-0.2, 0) is 16.6 Å². The molecule has 0 radical (unpaired) electrons. The Morgan fingerprint density at radius 1 is 1.04 bits per heavy atom. The van der Waals surface area contributed by atoms with Crippen molar-refractivity contribution >= 4 is 15.9 Å². The van der Waals surface area contributed by atoms with Gasteiger partial charge in [-0.15, -0.1) is 0 Å². The summed E-state index contributed by atoms with van der Waals surface area (Å²) in [5, 5.41) is 2.97. The molecule has 2 saturated carbocycles. The van der Waals surface area contributed by atoms with E-state index in [4.69, 9.17) is 0 Å². The minimum Gasteiger partial charge on any atom is -0.349 e. The molecule has 2 aromatic carbocycles. The fourth-order valence-electron chi connectivity index (χ4n) is 3.43. The Balaban J connectivity index is 1.54. The van der Waals surface area contributed by atoms with Crippen molar-refractivity contribution in [2.75, 3.05) is 0 Å². The molecule has 2 aromatic rings. The molecule has 0 atom stereocenters. The predicted octanol–water partition coefficient (Wildman–Crippen LogP) is 3.55. The SMILES string of the molecule is Cc1ccc(S(=O)(=O)N(Cc2ccc(C(=O)NC3CC3)cc2)C2CC2)c(C)c1. The number of amides is 1. The van der Waals surface area contributed by atoms with Crippen LogP contribution in [-0.4, -0.2) is 30.7 Å². The molecule has 0 saturated heterocycles. The van der Waals surface area contributed by atoms with Crippen LogP contribution in [0.25, 0.3) is 0 Å². The first kappa shape index (κ1) is 19.2. The number of carbonyl (C=O) groups excluding carboxylic acids is 1. The summed E-state index contributed by atoms with van der Waals surface area (Å²) in [7, 11) is -3.56. The molecule has 0 heterocycles. The molecular weight excluding hydrogens is 372 g/mol. The van der Waals surface area contributed by atoms with Crippen molar-refractivity contribution in [3.63, 3.8) is 0 Å². The van der Waals surface area contributed by atoms with E-state index in [2.05, 4.69) is 5.32 Å². The number of nitrogens with one attached hydrogen (secondary N) is 1. The lowest BCUT2D eigenvalue weighted by Gasteiger charge is -2.23. The standard InChI is InChI=1S/C22H26N2O3S/c1-15-3-12-21(16(2)13-15)28(26,27)24(20-10-11-20)14-17-4-6-18(7-5-17)22(25)23-19-8-9-19/h3-7,12-13,19-20H,8-11,14H2,1-2H3,(H,23,25). The molecule has 0 unspecified atom stereocenters. The second-order valence-electron chi connectivity index (χ2n) is 8.00. The monoisotopic (exact) mass is 398 g/mol. The van der Waals surface area contributed by atoms with E-state index < -0.39 is 10.0 Å². The van der Waals surface area contributed by atoms with Crippen LogP contribution in [0, 0.1) is 13.8 Å². The lowest BCUT2D eigenvalue weighted by Crippen LogP contribution is -2.33. The van der Waals surface area contributed by atoms with E-state index in [9.17, 15) is 13.2 Å². The van der Waals surface area contributed by atoms with E-state index in [-0.39, 0.29) is 11.9 Å². The van der Waals surface area contributed by atoms with Crippen LogP contribution in [0.3, 0.4) is 0 Å². The van der Waals surface area contributed by atoms with Crippen LogP contribution in [0.5, 0.6) is 0 Å². The number of hydrogen-bond acceptors (Lipinski definition) is 3. The zero-order chi connectivity index (χ0) is 19.9. The summed E-state index contributed by atoms with van der Waals surface area (Å²) in [6, 6.07) is 13.1. The van der Waals surface area contributed by atoms with Gasteiger partial charge in [-0.25, -0.2) is 8.42 Å². The topological polar surface area (TPSA) is 66.5 Å². The normalized spacial score (nSPS) is 17.0. The number of aryl methyl sites for hydroxylation is 2. The van der Waals surface area contributed by atoms with Crippen molar-refractivity contribution in [1.82, 2.24) is 9.62 Å². The van der Waals surface area contributed by atoms with E-state index in [1.54, 1.807) is 22.5 Å². The smallest absolute Gasteiger partial charge is 0.251 e. The van der Waals surface area contributed by atoms with Crippen molar-refractivity contribution in [1.29, 1.82) is 0 Å². The Labute approximate surface area is 166 Å². The molecular formula is C22H26N2O3S. The Morgan fingerprint density at radius 3 is 2.29 bits per heavy atom. The summed E-state index contributed by atoms with van der Waals surface area (Å²) in [5.74, 6) is -0.0593. The summed E-state index contributed by atoms with van der Waals surface area (Å²) in [5.41, 5.74) is 3.33. The molecule has 2 fully saturated rings. The summed E-state index contributed by atoms with van der Waals surface area (Å²) in [6.07, 6.45) is 3.89. The average Bonchev–Trinajstić information content (AvgIpc) is 3.54. The van der Waals surface area contributed by atoms with Gasteiger partial charge in [-0.1, -0.05) is 29.8 Å². The molecule has 5 nitrogen and oxygen atoms in total. The Morgan fingerprint density at radius 2 is 1.71 bits per heavy atom. The van der Waals surface area contributed by atoms with Crippen LogP contribution in [0.4, 0.5) is 0 Å². The minimum absolute atomic E-state index is 0.0588. The van der Waals surface area contributed by atoms with Crippen molar-refractivity contribution in [3.8, 4) is 0 Å². The van der Waals surface area contributed by atoms with Crippen molar-refractivity contribution in [2.24, 2.45) is 0 Å². The minimum atomic E-state index is -3.56. The Hall–Kier alpha value is -2.18. The molecule has 2 aliphatic carbocycles. The fourth-order valence-corrected chi connectivity index (χ4v) is 5.31. The van der Waals surface area contributed by atoms with Crippen molar-refractivity contribution < 1.29 is 13.2 Å². The first-order valence-electron chi connectivity index (χ1n) is 9.83. The molecule has 0 aromatic heterocycles. The summed E-state index contributed by atoms with van der Waals surface area (Å²) in [6.45, 7) is 4.13. The lowest BCUT2D eigenvalue weighted by atomic mass is 10.1. The maximum Gasteiger partial charge on any atom is 0.251 e. The van der Waals surface area contributed by atoms with Crippen LogP contribution < -0.4 is 5.32 Å². The molecule has 0 aliphatic heterocycles. The number of nitrogens with zero attached hydrogens (tertiary/aromatic N) is 1. The highest BCUT2D eigenvalue weighted by Crippen LogP contribution is 2.34. The number of sulfonamides is 1. The molecule has 6 heteroatoms. The van der Waals surface area contributed by atoms with Gasteiger partial charge in [-0.2, -0.15) is 4.31 Å². The lowest BCUT2D eigenvalue weighted by molar-refractivity contribution is 0.0951. The van der Waals surface area contributed by atoms with E-state index >= 15 is 0 Å². The van der Waals surface area contributed by atoms with Gasteiger partial charge >= 0.3 is 0 Å². The zero-order valence-electron chi connectivity index (χ0n) is 16.3. The van der Waals surface area contributed by atoms with Crippen LogP contribution in [0.15, 0.2) is 47.4 Å². The van der Waals surface area contributed by atoms with Crippen LogP contribution >= 0.6 is 0 Å². The van der Waals surface area contributed by atoms with Gasteiger partial charge in [0.05, 0.1) is 4.90 Å². The van der Waals surface area contributed by atoms with E-state index in [1.807, 2.05) is 38.1 Å². The number of benzene rings is 2. The highest BCUT2D eigenvalue weighted by molar-refractivity contribution is 7.89. The van der Waals surface area contributed by atoms with Gasteiger partial charge in [0, 0.05) is 24.2 Å². The highest BCUT2D eigenvalue weighted by Gasteiger charge is 2.38. The maximum atomic E-state index is 13.3. The first-order chi connectivity index (χ1) is 13.3. The third-order valence-corrected chi connectivity index (χ3v) is 7.40. The largest absolute Gasteiger partial charge is 0.349 e. The van der Waals surface area contributed by atoms with E-state index in [1.165, 1.54) is 0 Å². The molecule has 28 heavy (non-hydrogen) atoms. The number of carbonyl (C=O) groups is 1. The molecule has 1 amide bonds. The molecule has 0 bridgehead atoms. The third-order valence-electron chi connectivity index (χ3n) is 5.34. The molecule has 0 spiro atoms. The predicted molar refractivity (Wildman–Crippen MR) is 109 cm³/mol. The van der Waals surface area contributed by atoms with Gasteiger partial charge in [0.15, 0.2) is 0 Å². The molecule has 1 N–H and O–H groups in total. The average molecular weight is 399 g/mol. The van der Waals surface area contributed by atoms with Gasteiger partial charge in [0.1, 0.15) is 0 Å². The third kappa shape index (κ3) is 4.13. The van der Waals surface area contributed by atoms with Gasteiger partial charge < -0.3 is 5.32 Å². The fraction of sp³-hybridized carbons (Fsp3) is 0.409. The molecule has 148 valence electrons. The van der Waals surface area contributed by atoms with Crippen molar-refractivity contribution in [2.45, 2.75) is 63.1 Å². The van der Waals surface area contributed by atoms with Crippen molar-refractivity contribution in [3.05, 3.63) is 64.7 Å². The van der Waals surface area contributed by atoms with E-state index in [0.717, 1.165) is 42.4 Å². The summed E-state index contributed by atoms with van der Waals surface area (Å²) < 4.78 is 28.2. The Kier molecular flexibility index (Phi) is 5.02.